The van der Waals surface area contributed by atoms with E-state index in [2.05, 4.69) is 20.7 Å². The highest BCUT2D eigenvalue weighted by atomic mass is 19.1. The van der Waals surface area contributed by atoms with E-state index in [-0.39, 0.29) is 18.1 Å². The standard InChI is InChI=1S/C19H26FN5O3/c1-4-24(5-2)10-11-25(13-18(26)22-17-12-14(3)28-23-17)19(27)21-16-9-7-6-8-15(16)20/h6-9,12H,4-5,10-11,13H2,1-3H3,(H,21,27)(H,22,23,26). The van der Waals surface area contributed by atoms with Crippen molar-refractivity contribution in [3.63, 3.8) is 0 Å². The Morgan fingerprint density at radius 1 is 1.14 bits per heavy atom. The van der Waals surface area contributed by atoms with E-state index in [1.54, 1.807) is 19.1 Å². The number of carbonyl (C=O) groups excluding carboxylic acids is 2. The molecule has 2 N–H and O–H groups in total. The Morgan fingerprint density at radius 3 is 2.46 bits per heavy atom. The van der Waals surface area contributed by atoms with Crippen molar-refractivity contribution in [1.29, 1.82) is 0 Å². The largest absolute Gasteiger partial charge is 0.360 e. The van der Waals surface area contributed by atoms with Crippen LogP contribution in [0.2, 0.25) is 0 Å². The zero-order valence-corrected chi connectivity index (χ0v) is 16.4. The van der Waals surface area contributed by atoms with Crippen LogP contribution in [0.5, 0.6) is 0 Å². The highest BCUT2D eigenvalue weighted by Crippen LogP contribution is 2.13. The van der Waals surface area contributed by atoms with Crippen LogP contribution >= 0.6 is 0 Å². The molecule has 0 saturated heterocycles. The molecule has 0 aliphatic rings. The number of para-hydroxylation sites is 1. The second-order valence-corrected chi connectivity index (χ2v) is 6.23. The zero-order chi connectivity index (χ0) is 20.5. The van der Waals surface area contributed by atoms with Crippen molar-refractivity contribution in [2.45, 2.75) is 20.8 Å². The van der Waals surface area contributed by atoms with Crippen molar-refractivity contribution >= 4 is 23.4 Å². The summed E-state index contributed by atoms with van der Waals surface area (Å²) in [5, 5.41) is 8.81. The van der Waals surface area contributed by atoms with Crippen molar-refractivity contribution in [3.05, 3.63) is 41.9 Å². The van der Waals surface area contributed by atoms with E-state index in [0.717, 1.165) is 13.1 Å². The average Bonchev–Trinajstić information content (AvgIpc) is 3.07. The summed E-state index contributed by atoms with van der Waals surface area (Å²) in [4.78, 5) is 28.5. The molecule has 0 atom stereocenters. The lowest BCUT2D eigenvalue weighted by Gasteiger charge is -2.26. The maximum absolute atomic E-state index is 13.8. The summed E-state index contributed by atoms with van der Waals surface area (Å²) in [5.74, 6) is -0.120. The lowest BCUT2D eigenvalue weighted by atomic mass is 10.3. The molecule has 0 bridgehead atoms. The first-order valence-electron chi connectivity index (χ1n) is 9.18. The smallest absolute Gasteiger partial charge is 0.322 e. The minimum absolute atomic E-state index is 0.0628. The van der Waals surface area contributed by atoms with E-state index in [1.165, 1.54) is 23.1 Å². The predicted octanol–water partition coefficient (Wildman–Crippen LogP) is 2.94. The molecule has 0 radical (unpaired) electrons. The normalized spacial score (nSPS) is 10.8. The monoisotopic (exact) mass is 391 g/mol. The number of nitrogens with zero attached hydrogens (tertiary/aromatic N) is 3. The van der Waals surface area contributed by atoms with E-state index in [0.29, 0.717) is 18.8 Å². The molecule has 0 fully saturated rings. The quantitative estimate of drug-likeness (QED) is 0.686. The first-order chi connectivity index (χ1) is 13.4. The number of carbonyl (C=O) groups is 2. The highest BCUT2D eigenvalue weighted by Gasteiger charge is 2.20. The lowest BCUT2D eigenvalue weighted by Crippen LogP contribution is -2.44. The van der Waals surface area contributed by atoms with Gasteiger partial charge < -0.3 is 25.0 Å². The van der Waals surface area contributed by atoms with Crippen LogP contribution in [0.15, 0.2) is 34.9 Å². The van der Waals surface area contributed by atoms with E-state index in [9.17, 15) is 14.0 Å². The first kappa shape index (κ1) is 21.4. The van der Waals surface area contributed by atoms with Crippen LogP contribution in [-0.4, -0.2) is 59.6 Å². The molecule has 152 valence electrons. The van der Waals surface area contributed by atoms with Crippen LogP contribution in [0.4, 0.5) is 20.7 Å². The molecule has 0 saturated carbocycles. The van der Waals surface area contributed by atoms with Crippen LogP contribution in [0.1, 0.15) is 19.6 Å². The van der Waals surface area contributed by atoms with Crippen LogP contribution in [0.3, 0.4) is 0 Å². The molecule has 28 heavy (non-hydrogen) atoms. The Balaban J connectivity index is 2.05. The predicted molar refractivity (Wildman–Crippen MR) is 105 cm³/mol. The summed E-state index contributed by atoms with van der Waals surface area (Å²) >= 11 is 0. The van der Waals surface area contributed by atoms with Crippen molar-refractivity contribution < 1.29 is 18.5 Å². The van der Waals surface area contributed by atoms with Gasteiger partial charge in [0.25, 0.3) is 0 Å². The number of halogens is 1. The summed E-state index contributed by atoms with van der Waals surface area (Å²) < 4.78 is 18.8. The van der Waals surface area contributed by atoms with Gasteiger partial charge in [0.1, 0.15) is 18.1 Å². The molecule has 0 aliphatic heterocycles. The van der Waals surface area contributed by atoms with Crippen molar-refractivity contribution in [2.75, 3.05) is 43.4 Å². The molecular weight excluding hydrogens is 365 g/mol. The maximum atomic E-state index is 13.8. The molecule has 3 amide bonds. The number of urea groups is 1. The van der Waals surface area contributed by atoms with Gasteiger partial charge in [-0.15, -0.1) is 0 Å². The summed E-state index contributed by atoms with van der Waals surface area (Å²) in [6, 6.07) is 6.92. The second kappa shape index (κ2) is 10.4. The summed E-state index contributed by atoms with van der Waals surface area (Å²) in [6.45, 7) is 8.10. The summed E-state index contributed by atoms with van der Waals surface area (Å²) in [7, 11) is 0. The molecule has 2 aromatic rings. The number of anilines is 2. The van der Waals surface area contributed by atoms with Gasteiger partial charge in [0.05, 0.1) is 5.69 Å². The molecule has 9 heteroatoms. The van der Waals surface area contributed by atoms with Gasteiger partial charge in [-0.2, -0.15) is 0 Å². The van der Waals surface area contributed by atoms with Crippen LogP contribution < -0.4 is 10.6 Å². The van der Waals surface area contributed by atoms with Gasteiger partial charge in [-0.25, -0.2) is 9.18 Å². The zero-order valence-electron chi connectivity index (χ0n) is 16.4. The third kappa shape index (κ3) is 6.34. The van der Waals surface area contributed by atoms with Gasteiger partial charge in [-0.3, -0.25) is 4.79 Å². The van der Waals surface area contributed by atoms with Gasteiger partial charge in [0, 0.05) is 19.2 Å². The third-order valence-electron chi connectivity index (χ3n) is 4.21. The number of benzene rings is 1. The lowest BCUT2D eigenvalue weighted by molar-refractivity contribution is -0.116. The van der Waals surface area contributed by atoms with E-state index < -0.39 is 17.8 Å². The number of rotatable bonds is 9. The molecule has 0 spiro atoms. The summed E-state index contributed by atoms with van der Waals surface area (Å²) in [5.41, 5.74) is 0.0628. The van der Waals surface area contributed by atoms with Gasteiger partial charge in [-0.05, 0) is 32.1 Å². The van der Waals surface area contributed by atoms with Crippen molar-refractivity contribution in [2.24, 2.45) is 0 Å². The minimum atomic E-state index is -0.552. The fraction of sp³-hybridized carbons (Fsp3) is 0.421. The Morgan fingerprint density at radius 2 is 1.86 bits per heavy atom. The number of amides is 3. The molecular formula is C19H26FN5O3. The van der Waals surface area contributed by atoms with E-state index >= 15 is 0 Å². The Kier molecular flexibility index (Phi) is 7.94. The van der Waals surface area contributed by atoms with Gasteiger partial charge in [0.15, 0.2) is 5.82 Å². The highest BCUT2D eigenvalue weighted by molar-refractivity contribution is 5.96. The SMILES string of the molecule is CCN(CC)CCN(CC(=O)Nc1cc(C)on1)C(=O)Nc1ccccc1F. The van der Waals surface area contributed by atoms with E-state index in [1.807, 2.05) is 13.8 Å². The summed E-state index contributed by atoms with van der Waals surface area (Å²) in [6.07, 6.45) is 0. The van der Waals surface area contributed by atoms with E-state index in [4.69, 9.17) is 4.52 Å². The van der Waals surface area contributed by atoms with Crippen molar-refractivity contribution in [1.82, 2.24) is 15.0 Å². The number of aromatic nitrogens is 1. The van der Waals surface area contributed by atoms with Crippen LogP contribution in [0, 0.1) is 12.7 Å². The van der Waals surface area contributed by atoms with Crippen LogP contribution in [0.25, 0.3) is 0 Å². The number of hydrogen-bond donors (Lipinski definition) is 2. The fourth-order valence-electron chi connectivity index (χ4n) is 2.59. The molecule has 0 aliphatic carbocycles. The van der Waals surface area contributed by atoms with Gasteiger partial charge in [0.2, 0.25) is 5.91 Å². The Hall–Kier alpha value is -2.94. The molecule has 1 aromatic heterocycles. The maximum Gasteiger partial charge on any atom is 0.322 e. The second-order valence-electron chi connectivity index (χ2n) is 6.23. The fourth-order valence-corrected chi connectivity index (χ4v) is 2.59. The van der Waals surface area contributed by atoms with Crippen molar-refractivity contribution in [3.8, 4) is 0 Å². The molecule has 1 heterocycles. The number of likely N-dealkylation sites (N-methyl/N-ethyl adjacent to an activating group) is 1. The Bertz CT molecular complexity index is 791. The third-order valence-corrected chi connectivity index (χ3v) is 4.21. The topological polar surface area (TPSA) is 90.7 Å². The minimum Gasteiger partial charge on any atom is -0.360 e. The number of hydrogen-bond acceptors (Lipinski definition) is 5. The Labute approximate surface area is 163 Å². The number of aryl methyl sites for hydroxylation is 1. The first-order valence-corrected chi connectivity index (χ1v) is 9.18. The molecule has 8 nitrogen and oxygen atoms in total. The molecule has 0 unspecified atom stereocenters. The number of nitrogens with one attached hydrogen (secondary N) is 2. The molecule has 1 aromatic carbocycles. The molecule has 2 rings (SSSR count). The average molecular weight is 391 g/mol. The van der Waals surface area contributed by atoms with Gasteiger partial charge in [-0.1, -0.05) is 31.1 Å². The van der Waals surface area contributed by atoms with Gasteiger partial charge >= 0.3 is 6.03 Å². The van der Waals surface area contributed by atoms with Crippen LogP contribution in [-0.2, 0) is 4.79 Å².